The molecule has 2 bridgehead atoms. The molecule has 2 fully saturated rings. The Morgan fingerprint density at radius 3 is 2.87 bits per heavy atom. The number of carbonyl (C=O) groups is 2. The van der Waals surface area contributed by atoms with Crippen molar-refractivity contribution in [1.29, 1.82) is 0 Å². The van der Waals surface area contributed by atoms with E-state index >= 15 is 0 Å². The van der Waals surface area contributed by atoms with E-state index in [-0.39, 0.29) is 24.0 Å². The third kappa shape index (κ3) is 3.62. The highest BCUT2D eigenvalue weighted by Crippen LogP contribution is 2.52. The summed E-state index contributed by atoms with van der Waals surface area (Å²) in [5.74, 6) is 0.264. The van der Waals surface area contributed by atoms with Crippen LogP contribution < -0.4 is 15.0 Å². The van der Waals surface area contributed by atoms with Crippen molar-refractivity contribution in [3.63, 3.8) is 0 Å². The maximum Gasteiger partial charge on any atom is 0.234 e. The Balaban J connectivity index is 1.48. The Kier molecular flexibility index (Phi) is 5.62. The number of ether oxygens (including phenoxy) is 2. The van der Waals surface area contributed by atoms with Crippen LogP contribution in [0, 0.1) is 17.8 Å². The summed E-state index contributed by atoms with van der Waals surface area (Å²) in [6.07, 6.45) is 6.78. The van der Waals surface area contributed by atoms with Gasteiger partial charge in [0, 0.05) is 17.8 Å². The van der Waals surface area contributed by atoms with Crippen molar-refractivity contribution >= 4 is 17.5 Å². The topological polar surface area (TPSA) is 67.9 Å². The number of rotatable bonds is 8. The lowest BCUT2D eigenvalue weighted by atomic mass is 9.76. The van der Waals surface area contributed by atoms with Gasteiger partial charge in [-0.2, -0.15) is 0 Å². The van der Waals surface area contributed by atoms with Gasteiger partial charge in [-0.25, -0.2) is 0 Å². The molecule has 30 heavy (non-hydrogen) atoms. The van der Waals surface area contributed by atoms with Gasteiger partial charge in [-0.3, -0.25) is 9.59 Å². The molecule has 1 spiro atoms. The van der Waals surface area contributed by atoms with Gasteiger partial charge in [0.05, 0.1) is 31.6 Å². The van der Waals surface area contributed by atoms with Crippen molar-refractivity contribution in [3.8, 4) is 5.75 Å². The fourth-order valence-corrected chi connectivity index (χ4v) is 5.04. The van der Waals surface area contributed by atoms with E-state index in [2.05, 4.69) is 19.2 Å². The molecule has 6 heteroatoms. The number of benzene rings is 1. The van der Waals surface area contributed by atoms with Gasteiger partial charge in [0.25, 0.3) is 0 Å². The maximum absolute atomic E-state index is 13.4. The summed E-state index contributed by atoms with van der Waals surface area (Å²) in [4.78, 5) is 28.3. The average Bonchev–Trinajstić information content (AvgIpc) is 3.36. The smallest absolute Gasteiger partial charge is 0.234 e. The summed E-state index contributed by atoms with van der Waals surface area (Å²) in [7, 11) is 1.61. The van der Waals surface area contributed by atoms with Crippen molar-refractivity contribution in [2.24, 2.45) is 17.8 Å². The van der Waals surface area contributed by atoms with Gasteiger partial charge >= 0.3 is 0 Å². The molecule has 5 atom stereocenters. The molecule has 2 saturated heterocycles. The molecule has 4 rings (SSSR count). The monoisotopic (exact) mass is 412 g/mol. The summed E-state index contributed by atoms with van der Waals surface area (Å²) in [6, 6.07) is 7.53. The minimum Gasteiger partial charge on any atom is -0.497 e. The van der Waals surface area contributed by atoms with E-state index in [1.807, 2.05) is 43.3 Å². The van der Waals surface area contributed by atoms with Gasteiger partial charge in [0.1, 0.15) is 11.4 Å². The largest absolute Gasteiger partial charge is 0.497 e. The molecule has 3 aliphatic heterocycles. The van der Waals surface area contributed by atoms with Crippen LogP contribution in [0.5, 0.6) is 5.75 Å². The number of nitrogens with zero attached hydrogens (tertiary/aromatic N) is 1. The van der Waals surface area contributed by atoms with Gasteiger partial charge in [-0.05, 0) is 31.4 Å². The van der Waals surface area contributed by atoms with Crippen LogP contribution >= 0.6 is 0 Å². The Morgan fingerprint density at radius 1 is 1.33 bits per heavy atom. The highest BCUT2D eigenvalue weighted by atomic mass is 16.5. The zero-order valence-corrected chi connectivity index (χ0v) is 18.3. The molecule has 1 N–H and O–H groups in total. The van der Waals surface area contributed by atoms with Gasteiger partial charge < -0.3 is 19.7 Å². The number of fused-ring (bicyclic) bond motifs is 1. The van der Waals surface area contributed by atoms with Crippen molar-refractivity contribution < 1.29 is 19.1 Å². The van der Waals surface area contributed by atoms with E-state index in [9.17, 15) is 9.59 Å². The molecule has 3 heterocycles. The number of methoxy groups -OCH3 is 1. The average molecular weight is 413 g/mol. The van der Waals surface area contributed by atoms with E-state index in [4.69, 9.17) is 9.47 Å². The van der Waals surface area contributed by atoms with Crippen molar-refractivity contribution in [2.45, 2.75) is 57.8 Å². The summed E-state index contributed by atoms with van der Waals surface area (Å²) >= 11 is 0. The standard InChI is InChI=1S/C24H32N2O4/c1-15(2)7-5-8-16(3)25-22(27)20-19-11-12-24(30-19)14-26(23(28)21(20)24)17-9-6-10-18(13-17)29-4/h6,9-13,15-16,19-21H,5,7-8,14H2,1-4H3,(H,25,27)/t16-,19+,20-,21+,24-/m1/s1. The molecule has 0 saturated carbocycles. The molecule has 0 aromatic heterocycles. The van der Waals surface area contributed by atoms with E-state index in [1.54, 1.807) is 12.0 Å². The maximum atomic E-state index is 13.4. The molecule has 0 aliphatic carbocycles. The van der Waals surface area contributed by atoms with Crippen LogP contribution in [0.1, 0.15) is 40.0 Å². The second-order valence-electron chi connectivity index (χ2n) is 9.26. The molecule has 1 aromatic carbocycles. The molecule has 3 aliphatic rings. The van der Waals surface area contributed by atoms with Crippen LogP contribution in [0.3, 0.4) is 0 Å². The Labute approximate surface area is 178 Å². The minimum absolute atomic E-state index is 0.0530. The lowest BCUT2D eigenvalue weighted by Gasteiger charge is -2.25. The molecule has 2 amide bonds. The molecule has 6 nitrogen and oxygen atoms in total. The first kappa shape index (κ1) is 20.9. The molecule has 0 unspecified atom stereocenters. The second kappa shape index (κ2) is 8.06. The Bertz CT molecular complexity index is 851. The van der Waals surface area contributed by atoms with Crippen molar-refractivity contribution in [1.82, 2.24) is 5.32 Å². The van der Waals surface area contributed by atoms with Crippen LogP contribution in [0.25, 0.3) is 0 Å². The number of hydrogen-bond donors (Lipinski definition) is 1. The lowest BCUT2D eigenvalue weighted by Crippen LogP contribution is -2.46. The lowest BCUT2D eigenvalue weighted by molar-refractivity contribution is -0.132. The molecule has 162 valence electrons. The predicted octanol–water partition coefficient (Wildman–Crippen LogP) is 3.31. The van der Waals surface area contributed by atoms with E-state index in [1.165, 1.54) is 0 Å². The zero-order chi connectivity index (χ0) is 21.5. The summed E-state index contributed by atoms with van der Waals surface area (Å²) in [6.45, 7) is 6.88. The quantitative estimate of drug-likeness (QED) is 0.665. The molecule has 1 aromatic rings. The SMILES string of the molecule is COc1cccc(N2C[C@@]34C=C[C@H](O3)[C@@H](C(=O)N[C@H](C)CCCC(C)C)[C@H]4C2=O)c1. The van der Waals surface area contributed by atoms with Crippen LogP contribution in [0.15, 0.2) is 36.4 Å². The van der Waals surface area contributed by atoms with Crippen LogP contribution in [-0.2, 0) is 14.3 Å². The van der Waals surface area contributed by atoms with Gasteiger partial charge in [0.2, 0.25) is 11.8 Å². The Morgan fingerprint density at radius 2 is 2.13 bits per heavy atom. The summed E-state index contributed by atoms with van der Waals surface area (Å²) < 4.78 is 11.5. The van der Waals surface area contributed by atoms with Crippen LogP contribution in [-0.4, -0.2) is 43.2 Å². The highest BCUT2D eigenvalue weighted by Gasteiger charge is 2.67. The normalized spacial score (nSPS) is 30.1. The summed E-state index contributed by atoms with van der Waals surface area (Å²) in [5.41, 5.74) is 0.0538. The zero-order valence-electron chi connectivity index (χ0n) is 18.3. The van der Waals surface area contributed by atoms with Gasteiger partial charge in [-0.1, -0.05) is 44.9 Å². The molecular formula is C24H32N2O4. The van der Waals surface area contributed by atoms with Gasteiger partial charge in [-0.15, -0.1) is 0 Å². The van der Waals surface area contributed by atoms with Gasteiger partial charge in [0.15, 0.2) is 0 Å². The fraction of sp³-hybridized carbons (Fsp3) is 0.583. The number of anilines is 1. The van der Waals surface area contributed by atoms with Crippen LogP contribution in [0.4, 0.5) is 5.69 Å². The van der Waals surface area contributed by atoms with Crippen molar-refractivity contribution in [3.05, 3.63) is 36.4 Å². The number of nitrogens with one attached hydrogen (secondary N) is 1. The number of amides is 2. The van der Waals surface area contributed by atoms with E-state index < -0.39 is 17.4 Å². The third-order valence-electron chi connectivity index (χ3n) is 6.58. The fourth-order valence-electron chi connectivity index (χ4n) is 5.04. The van der Waals surface area contributed by atoms with E-state index in [0.717, 1.165) is 24.9 Å². The first-order valence-corrected chi connectivity index (χ1v) is 11.0. The first-order chi connectivity index (χ1) is 14.3. The molecular weight excluding hydrogens is 380 g/mol. The number of hydrogen-bond acceptors (Lipinski definition) is 4. The highest BCUT2D eigenvalue weighted by molar-refractivity contribution is 6.03. The van der Waals surface area contributed by atoms with Crippen LogP contribution in [0.2, 0.25) is 0 Å². The molecule has 0 radical (unpaired) electrons. The predicted molar refractivity (Wildman–Crippen MR) is 115 cm³/mol. The Hall–Kier alpha value is -2.34. The van der Waals surface area contributed by atoms with Crippen molar-refractivity contribution in [2.75, 3.05) is 18.6 Å². The first-order valence-electron chi connectivity index (χ1n) is 11.0. The third-order valence-corrected chi connectivity index (χ3v) is 6.58. The summed E-state index contributed by atoms with van der Waals surface area (Å²) in [5, 5.41) is 3.14. The minimum atomic E-state index is -0.715. The van der Waals surface area contributed by atoms with E-state index in [0.29, 0.717) is 18.2 Å². The second-order valence-corrected chi connectivity index (χ2v) is 9.26. The number of carbonyl (C=O) groups excluding carboxylic acids is 2.